The Bertz CT molecular complexity index is 462. The summed E-state index contributed by atoms with van der Waals surface area (Å²) >= 11 is 0. The molecule has 6 nitrogen and oxygen atoms in total. The van der Waals surface area contributed by atoms with E-state index in [1.165, 1.54) is 72.0 Å². The number of phosphoric acid groups is 1. The van der Waals surface area contributed by atoms with Crippen LogP contribution in [0, 0.1) is 0 Å². The van der Waals surface area contributed by atoms with E-state index >= 15 is 0 Å². The molecule has 0 radical (unpaired) electrons. The fraction of sp³-hybridized carbons (Fsp3) is 0.864. The van der Waals surface area contributed by atoms with Gasteiger partial charge in [-0.25, -0.2) is 4.57 Å². The highest BCUT2D eigenvalue weighted by Gasteiger charge is 2.25. The van der Waals surface area contributed by atoms with Crippen LogP contribution in [0.3, 0.4) is 0 Å². The highest BCUT2D eigenvalue weighted by atomic mass is 31.2. The second kappa shape index (κ2) is 19.4. The highest BCUT2D eigenvalue weighted by molar-refractivity contribution is 7.48. The molecule has 0 spiro atoms. The van der Waals surface area contributed by atoms with Crippen molar-refractivity contribution in [1.29, 1.82) is 0 Å². The summed E-state index contributed by atoms with van der Waals surface area (Å²) in [5, 5.41) is 0. The van der Waals surface area contributed by atoms with Crippen LogP contribution in [0.2, 0.25) is 0 Å². The Hall–Kier alpha value is -0.520. The molecular weight excluding hydrogens is 389 g/mol. The lowest BCUT2D eigenvalue weighted by Crippen LogP contribution is -2.34. The summed E-state index contributed by atoms with van der Waals surface area (Å²) in [6, 6.07) is -0.801. The molecule has 29 heavy (non-hydrogen) atoms. The number of phosphoric ester groups is 1. The van der Waals surface area contributed by atoms with Gasteiger partial charge in [-0.05, 0) is 32.1 Å². The van der Waals surface area contributed by atoms with Crippen molar-refractivity contribution in [3.8, 4) is 0 Å². The van der Waals surface area contributed by atoms with E-state index in [1.54, 1.807) is 0 Å². The largest absolute Gasteiger partial charge is 0.474 e. The van der Waals surface area contributed by atoms with Gasteiger partial charge in [0.05, 0.1) is 12.6 Å². The second-order valence-corrected chi connectivity index (χ2v) is 9.40. The van der Waals surface area contributed by atoms with Crippen LogP contribution in [-0.4, -0.2) is 32.7 Å². The number of carbonyl (C=O) groups is 1. The van der Waals surface area contributed by atoms with E-state index in [1.807, 2.05) is 0 Å². The Labute approximate surface area is 178 Å². The normalized spacial score (nSPS) is 13.2. The van der Waals surface area contributed by atoms with Crippen molar-refractivity contribution in [2.24, 2.45) is 5.73 Å². The van der Waals surface area contributed by atoms with Crippen molar-refractivity contribution < 1.29 is 22.9 Å². The van der Waals surface area contributed by atoms with Crippen molar-refractivity contribution in [3.05, 3.63) is 12.2 Å². The summed E-state index contributed by atoms with van der Waals surface area (Å²) in [5.74, 6) is -0.0821. The molecular formula is C22H44NO5P. The molecule has 7 heteroatoms. The van der Waals surface area contributed by atoms with Crippen LogP contribution >= 0.6 is 7.82 Å². The van der Waals surface area contributed by atoms with Crippen LogP contribution in [0.5, 0.6) is 0 Å². The molecule has 0 amide bonds. The minimum Gasteiger partial charge on any atom is -0.320 e. The van der Waals surface area contributed by atoms with Gasteiger partial charge in [0.2, 0.25) is 0 Å². The summed E-state index contributed by atoms with van der Waals surface area (Å²) in [5.41, 5.74) is 5.78. The maximum atomic E-state index is 12.0. The van der Waals surface area contributed by atoms with Crippen LogP contribution in [0.15, 0.2) is 12.2 Å². The minimum absolute atomic E-state index is 0.0821. The number of allylic oxidation sites excluding steroid dienone is 2. The number of hydrogen-bond donors (Lipinski definition) is 1. The third-order valence-corrected chi connectivity index (χ3v) is 6.32. The van der Waals surface area contributed by atoms with Gasteiger partial charge in [-0.3, -0.25) is 18.4 Å². The smallest absolute Gasteiger partial charge is 0.320 e. The minimum atomic E-state index is -3.58. The number of nitrogens with two attached hydrogens (primary N) is 1. The molecule has 0 aromatic carbocycles. The maximum Gasteiger partial charge on any atom is 0.474 e. The van der Waals surface area contributed by atoms with Gasteiger partial charge in [-0.15, -0.1) is 0 Å². The highest BCUT2D eigenvalue weighted by Crippen LogP contribution is 2.47. The number of Topliss-reactive ketones (excluding diaryl/α,β-unsaturated/α-hetero) is 1. The van der Waals surface area contributed by atoms with Gasteiger partial charge in [0.25, 0.3) is 0 Å². The maximum absolute atomic E-state index is 12.0. The second-order valence-electron chi connectivity index (χ2n) is 7.52. The van der Waals surface area contributed by atoms with E-state index in [2.05, 4.69) is 28.1 Å². The van der Waals surface area contributed by atoms with Crippen LogP contribution in [0.1, 0.15) is 96.8 Å². The monoisotopic (exact) mass is 433 g/mol. The average molecular weight is 434 g/mol. The zero-order valence-corrected chi connectivity index (χ0v) is 19.8. The van der Waals surface area contributed by atoms with E-state index < -0.39 is 13.9 Å². The molecule has 0 aliphatic heterocycles. The van der Waals surface area contributed by atoms with Gasteiger partial charge in [0, 0.05) is 20.6 Å². The average Bonchev–Trinajstić information content (AvgIpc) is 2.74. The lowest BCUT2D eigenvalue weighted by atomic mass is 10.0. The van der Waals surface area contributed by atoms with Gasteiger partial charge in [0.15, 0.2) is 5.78 Å². The van der Waals surface area contributed by atoms with E-state index in [4.69, 9.17) is 10.3 Å². The van der Waals surface area contributed by atoms with E-state index in [9.17, 15) is 9.36 Å². The van der Waals surface area contributed by atoms with Gasteiger partial charge >= 0.3 is 7.82 Å². The molecule has 0 aromatic rings. The van der Waals surface area contributed by atoms with Crippen molar-refractivity contribution in [2.75, 3.05) is 20.8 Å². The SMILES string of the molecule is CCCCCCCCC=CCCCCCCCC(=O)C(N)COP(=O)(OC)OC. The van der Waals surface area contributed by atoms with E-state index in [0.717, 1.165) is 25.7 Å². The zero-order valence-electron chi connectivity index (χ0n) is 18.9. The molecule has 0 rings (SSSR count). The van der Waals surface area contributed by atoms with E-state index in [0.29, 0.717) is 6.42 Å². The number of ketones is 1. The number of hydrogen-bond acceptors (Lipinski definition) is 6. The summed E-state index contributed by atoms with van der Waals surface area (Å²) in [7, 11) is -1.12. The fourth-order valence-corrected chi connectivity index (χ4v) is 3.70. The van der Waals surface area contributed by atoms with Crippen molar-refractivity contribution >= 4 is 13.6 Å². The molecule has 0 bridgehead atoms. The predicted molar refractivity (Wildman–Crippen MR) is 120 cm³/mol. The third kappa shape index (κ3) is 16.9. The van der Waals surface area contributed by atoms with Crippen molar-refractivity contribution in [2.45, 2.75) is 103 Å². The van der Waals surface area contributed by atoms with Gasteiger partial charge in [0.1, 0.15) is 0 Å². The quantitative estimate of drug-likeness (QED) is 0.129. The van der Waals surface area contributed by atoms with Crippen molar-refractivity contribution in [1.82, 2.24) is 0 Å². The Morgan fingerprint density at radius 3 is 1.86 bits per heavy atom. The Kier molecular flexibility index (Phi) is 19.1. The van der Waals surface area contributed by atoms with Crippen LogP contribution in [-0.2, 0) is 22.9 Å². The molecule has 172 valence electrons. The molecule has 0 saturated carbocycles. The number of carbonyl (C=O) groups excluding carboxylic acids is 1. The fourth-order valence-electron chi connectivity index (χ4n) is 3.00. The first-order valence-corrected chi connectivity index (χ1v) is 12.7. The van der Waals surface area contributed by atoms with Gasteiger partial charge in [-0.2, -0.15) is 0 Å². The predicted octanol–water partition coefficient (Wildman–Crippen LogP) is 6.34. The molecule has 2 N–H and O–H groups in total. The lowest BCUT2D eigenvalue weighted by molar-refractivity contribution is -0.121. The summed E-state index contributed by atoms with van der Waals surface area (Å²) in [6.07, 6.45) is 20.9. The summed E-state index contributed by atoms with van der Waals surface area (Å²) < 4.78 is 26.0. The number of unbranched alkanes of at least 4 members (excludes halogenated alkanes) is 11. The van der Waals surface area contributed by atoms with Crippen LogP contribution < -0.4 is 5.73 Å². The van der Waals surface area contributed by atoms with Crippen LogP contribution in [0.4, 0.5) is 0 Å². The van der Waals surface area contributed by atoms with Gasteiger partial charge in [-0.1, -0.05) is 70.4 Å². The first kappa shape index (κ1) is 28.5. The molecule has 0 fully saturated rings. The third-order valence-electron chi connectivity index (χ3n) is 4.96. The van der Waals surface area contributed by atoms with E-state index in [-0.39, 0.29) is 12.4 Å². The summed E-state index contributed by atoms with van der Waals surface area (Å²) in [6.45, 7) is 2.09. The first-order valence-electron chi connectivity index (χ1n) is 11.3. The molecule has 1 unspecified atom stereocenters. The first-order chi connectivity index (χ1) is 14.0. The molecule has 0 aliphatic carbocycles. The lowest BCUT2D eigenvalue weighted by Gasteiger charge is -2.16. The van der Waals surface area contributed by atoms with Crippen LogP contribution in [0.25, 0.3) is 0 Å². The topological polar surface area (TPSA) is 87.9 Å². The Balaban J connectivity index is 3.52. The molecule has 0 aromatic heterocycles. The standard InChI is InChI=1S/C22H44NO5P/c1-4-5-6-7-8-9-10-11-12-13-14-15-16-17-18-19-22(24)21(23)20-28-29(25,26-2)27-3/h11-12,21H,4-10,13-20,23H2,1-3H3. The van der Waals surface area contributed by atoms with Gasteiger partial charge < -0.3 is 5.73 Å². The van der Waals surface area contributed by atoms with Crippen molar-refractivity contribution in [3.63, 3.8) is 0 Å². The summed E-state index contributed by atoms with van der Waals surface area (Å²) in [4.78, 5) is 12.0. The number of rotatable bonds is 21. The molecule has 1 atom stereocenters. The Morgan fingerprint density at radius 2 is 1.34 bits per heavy atom. The molecule has 0 saturated heterocycles. The Morgan fingerprint density at radius 1 is 0.862 bits per heavy atom. The molecule has 0 aliphatic rings. The molecule has 0 heterocycles. The zero-order chi connectivity index (χ0) is 21.8.